The average molecular weight is 339 g/mol. The first-order valence-corrected chi connectivity index (χ1v) is 8.38. The van der Waals surface area contributed by atoms with Gasteiger partial charge in [-0.1, -0.05) is 43.7 Å². The Kier molecular flexibility index (Phi) is 4.88. The molecule has 0 atom stereocenters. The molecule has 0 aliphatic carbocycles. The van der Waals surface area contributed by atoms with Crippen LogP contribution < -0.4 is 11.0 Å². The summed E-state index contributed by atoms with van der Waals surface area (Å²) in [6.45, 7) is 2.99. The number of aromatic amines is 1. The second kappa shape index (κ2) is 7.25. The molecular formula is C19H21N3O3. The number of benzene rings is 2. The van der Waals surface area contributed by atoms with Crippen molar-refractivity contribution < 1.29 is 9.90 Å². The molecule has 1 heterocycles. The molecular weight excluding hydrogens is 318 g/mol. The van der Waals surface area contributed by atoms with Crippen molar-refractivity contribution >= 4 is 16.9 Å². The number of imidazole rings is 1. The molecule has 3 rings (SSSR count). The summed E-state index contributed by atoms with van der Waals surface area (Å²) in [4.78, 5) is 27.1. The minimum Gasteiger partial charge on any atom is -0.505 e. The molecule has 0 saturated heterocycles. The summed E-state index contributed by atoms with van der Waals surface area (Å²) in [5, 5.41) is 13.2. The van der Waals surface area contributed by atoms with E-state index in [9.17, 15) is 14.7 Å². The van der Waals surface area contributed by atoms with Crippen LogP contribution in [-0.4, -0.2) is 20.6 Å². The van der Waals surface area contributed by atoms with Gasteiger partial charge in [0.1, 0.15) is 5.52 Å². The van der Waals surface area contributed by atoms with E-state index >= 15 is 0 Å². The summed E-state index contributed by atoms with van der Waals surface area (Å²) in [5.41, 5.74) is 1.74. The fourth-order valence-corrected chi connectivity index (χ4v) is 2.81. The van der Waals surface area contributed by atoms with Gasteiger partial charge in [0.25, 0.3) is 5.91 Å². The summed E-state index contributed by atoms with van der Waals surface area (Å²) in [6, 6.07) is 12.8. The molecule has 6 heteroatoms. The van der Waals surface area contributed by atoms with Crippen molar-refractivity contribution in [3.63, 3.8) is 0 Å². The molecule has 0 aliphatic rings. The van der Waals surface area contributed by atoms with Crippen LogP contribution in [0, 0.1) is 0 Å². The maximum Gasteiger partial charge on any atom is 0.326 e. The first kappa shape index (κ1) is 16.8. The van der Waals surface area contributed by atoms with Gasteiger partial charge >= 0.3 is 5.69 Å². The van der Waals surface area contributed by atoms with E-state index in [2.05, 4.69) is 10.3 Å². The Morgan fingerprint density at radius 1 is 1.20 bits per heavy atom. The minimum absolute atomic E-state index is 0.146. The lowest BCUT2D eigenvalue weighted by atomic mass is 10.1. The van der Waals surface area contributed by atoms with Gasteiger partial charge in [-0.2, -0.15) is 0 Å². The van der Waals surface area contributed by atoms with E-state index in [0.29, 0.717) is 24.1 Å². The fourth-order valence-electron chi connectivity index (χ4n) is 2.81. The summed E-state index contributed by atoms with van der Waals surface area (Å²) >= 11 is 0. The maximum atomic E-state index is 12.4. The van der Waals surface area contributed by atoms with Crippen LogP contribution >= 0.6 is 0 Å². The number of rotatable bonds is 6. The van der Waals surface area contributed by atoms with Crippen molar-refractivity contribution in [3.8, 4) is 5.75 Å². The maximum absolute atomic E-state index is 12.4. The van der Waals surface area contributed by atoms with Gasteiger partial charge in [0.15, 0.2) is 5.75 Å². The minimum atomic E-state index is -0.384. The molecule has 0 unspecified atom stereocenters. The van der Waals surface area contributed by atoms with E-state index < -0.39 is 0 Å². The monoisotopic (exact) mass is 339 g/mol. The zero-order valence-electron chi connectivity index (χ0n) is 14.1. The van der Waals surface area contributed by atoms with Crippen molar-refractivity contribution in [2.75, 3.05) is 0 Å². The number of nitrogens with zero attached hydrogens (tertiary/aromatic N) is 1. The first-order chi connectivity index (χ1) is 12.1. The number of phenols is 1. The molecule has 0 radical (unpaired) electrons. The van der Waals surface area contributed by atoms with Gasteiger partial charge in [0, 0.05) is 13.1 Å². The van der Waals surface area contributed by atoms with Crippen molar-refractivity contribution in [2.45, 2.75) is 32.9 Å². The second-order valence-electron chi connectivity index (χ2n) is 5.96. The van der Waals surface area contributed by atoms with Crippen LogP contribution in [0.2, 0.25) is 0 Å². The third-order valence-electron chi connectivity index (χ3n) is 4.20. The van der Waals surface area contributed by atoms with E-state index in [1.54, 1.807) is 16.7 Å². The number of aryl methyl sites for hydroxylation is 1. The number of phenolic OH excluding ortho intramolecular Hbond substituents is 1. The molecule has 1 aromatic heterocycles. The average Bonchev–Trinajstić information content (AvgIpc) is 2.95. The molecule has 0 bridgehead atoms. The molecule has 6 nitrogen and oxygen atoms in total. The molecule has 0 saturated carbocycles. The fraction of sp³-hybridized carbons (Fsp3) is 0.263. The Labute approximate surface area is 145 Å². The van der Waals surface area contributed by atoms with Gasteiger partial charge in [0.2, 0.25) is 0 Å². The highest BCUT2D eigenvalue weighted by molar-refractivity contribution is 6.01. The molecule has 0 fully saturated rings. The number of fused-ring (bicyclic) bond motifs is 1. The van der Waals surface area contributed by atoms with Crippen LogP contribution in [0.1, 0.15) is 35.7 Å². The number of aromatic hydroxyl groups is 1. The SMILES string of the molecule is CCCCn1c(=O)[nH]c2c(O)c(C(=O)NCc3ccccc3)ccc21. The Hall–Kier alpha value is -3.02. The molecule has 0 spiro atoms. The number of carbonyl (C=O) groups excluding carboxylic acids is 1. The van der Waals surface area contributed by atoms with Crippen LogP contribution in [0.15, 0.2) is 47.3 Å². The number of hydrogen-bond acceptors (Lipinski definition) is 3. The van der Waals surface area contributed by atoms with Crippen LogP contribution in [0.4, 0.5) is 0 Å². The summed E-state index contributed by atoms with van der Waals surface area (Å²) in [7, 11) is 0. The highest BCUT2D eigenvalue weighted by atomic mass is 16.3. The number of carbonyl (C=O) groups is 1. The number of hydrogen-bond donors (Lipinski definition) is 3. The Balaban J connectivity index is 1.86. The van der Waals surface area contributed by atoms with Gasteiger partial charge < -0.3 is 15.4 Å². The smallest absolute Gasteiger partial charge is 0.326 e. The molecule has 25 heavy (non-hydrogen) atoms. The van der Waals surface area contributed by atoms with E-state index in [-0.39, 0.29) is 22.9 Å². The van der Waals surface area contributed by atoms with Crippen LogP contribution in [-0.2, 0) is 13.1 Å². The predicted octanol–water partition coefficient (Wildman–Crippen LogP) is 2.77. The first-order valence-electron chi connectivity index (χ1n) is 8.38. The number of unbranched alkanes of at least 4 members (excludes halogenated alkanes) is 1. The zero-order chi connectivity index (χ0) is 17.8. The molecule has 3 aromatic rings. The van der Waals surface area contributed by atoms with Crippen LogP contribution in [0.25, 0.3) is 11.0 Å². The van der Waals surface area contributed by atoms with Crippen molar-refractivity contribution in [2.24, 2.45) is 0 Å². The number of aromatic nitrogens is 2. The lowest BCUT2D eigenvalue weighted by Crippen LogP contribution is -2.22. The van der Waals surface area contributed by atoms with E-state index in [1.807, 2.05) is 37.3 Å². The summed E-state index contributed by atoms with van der Waals surface area (Å²) in [5.74, 6) is -0.583. The van der Waals surface area contributed by atoms with Crippen LogP contribution in [0.5, 0.6) is 5.75 Å². The highest BCUT2D eigenvalue weighted by Crippen LogP contribution is 2.26. The summed E-state index contributed by atoms with van der Waals surface area (Å²) in [6.07, 6.45) is 1.83. The molecule has 3 N–H and O–H groups in total. The third-order valence-corrected chi connectivity index (χ3v) is 4.20. The molecule has 1 amide bonds. The van der Waals surface area contributed by atoms with Crippen molar-refractivity contribution in [3.05, 3.63) is 64.1 Å². The van der Waals surface area contributed by atoms with Gasteiger partial charge in [-0.15, -0.1) is 0 Å². The second-order valence-corrected chi connectivity index (χ2v) is 5.96. The van der Waals surface area contributed by atoms with E-state index in [4.69, 9.17) is 0 Å². The highest BCUT2D eigenvalue weighted by Gasteiger charge is 2.17. The van der Waals surface area contributed by atoms with Gasteiger partial charge in [0.05, 0.1) is 11.1 Å². The Morgan fingerprint density at radius 3 is 2.68 bits per heavy atom. The van der Waals surface area contributed by atoms with Gasteiger partial charge in [-0.05, 0) is 24.1 Å². The standard InChI is InChI=1S/C19H21N3O3/c1-2-3-11-22-15-10-9-14(17(23)16(15)21-19(22)25)18(24)20-12-13-7-5-4-6-8-13/h4-10,23H,2-3,11-12H2,1H3,(H,20,24)(H,21,25). The molecule has 130 valence electrons. The lowest BCUT2D eigenvalue weighted by Gasteiger charge is -2.08. The van der Waals surface area contributed by atoms with E-state index in [1.165, 1.54) is 0 Å². The quantitative estimate of drug-likeness (QED) is 0.645. The van der Waals surface area contributed by atoms with Gasteiger partial charge in [-0.25, -0.2) is 4.79 Å². The van der Waals surface area contributed by atoms with Crippen LogP contribution in [0.3, 0.4) is 0 Å². The molecule has 0 aliphatic heterocycles. The normalized spacial score (nSPS) is 10.9. The Morgan fingerprint density at radius 2 is 1.96 bits per heavy atom. The topological polar surface area (TPSA) is 87.1 Å². The predicted molar refractivity (Wildman–Crippen MR) is 96.7 cm³/mol. The van der Waals surface area contributed by atoms with E-state index in [0.717, 1.165) is 18.4 Å². The molecule has 2 aromatic carbocycles. The number of H-pyrrole nitrogens is 1. The van der Waals surface area contributed by atoms with Gasteiger partial charge in [-0.3, -0.25) is 9.36 Å². The summed E-state index contributed by atoms with van der Waals surface area (Å²) < 4.78 is 1.59. The lowest BCUT2D eigenvalue weighted by molar-refractivity contribution is 0.0948. The number of amides is 1. The Bertz CT molecular complexity index is 942. The number of nitrogens with one attached hydrogen (secondary N) is 2. The largest absolute Gasteiger partial charge is 0.505 e. The zero-order valence-corrected chi connectivity index (χ0v) is 14.1. The van der Waals surface area contributed by atoms with Crippen molar-refractivity contribution in [1.82, 2.24) is 14.9 Å². The third kappa shape index (κ3) is 3.42. The van der Waals surface area contributed by atoms with Crippen molar-refractivity contribution in [1.29, 1.82) is 0 Å².